The molecule has 0 unspecified atom stereocenters. The Labute approximate surface area is 158 Å². The average molecular weight is 361 g/mol. The van der Waals surface area contributed by atoms with E-state index in [1.54, 1.807) is 17.1 Å². The second kappa shape index (κ2) is 7.31. The van der Waals surface area contributed by atoms with Gasteiger partial charge in [0.1, 0.15) is 0 Å². The van der Waals surface area contributed by atoms with E-state index in [1.165, 1.54) is 5.56 Å². The molecular formula is C21H23N5O. The van der Waals surface area contributed by atoms with Crippen molar-refractivity contribution in [2.24, 2.45) is 7.05 Å². The number of carbonyl (C=O) groups is 1. The van der Waals surface area contributed by atoms with Crippen molar-refractivity contribution in [2.45, 2.75) is 25.7 Å². The molecule has 1 fully saturated rings. The topological polar surface area (TPSA) is 63.9 Å². The molecule has 0 aliphatic carbocycles. The molecule has 0 bridgehead atoms. The maximum absolute atomic E-state index is 12.6. The van der Waals surface area contributed by atoms with Crippen LogP contribution in [0.4, 0.5) is 0 Å². The Hall–Kier alpha value is -3.02. The standard InChI is InChI=1S/C21H23N5O/c1-15-5-3-4-6-18(15)20-13-22-12-19(24-20)16-7-9-26(10-8-16)21(27)17-11-23-25(2)14-17/h3-6,11-14,16H,7-10H2,1-2H3. The Morgan fingerprint density at radius 2 is 1.89 bits per heavy atom. The number of amides is 1. The lowest BCUT2D eigenvalue weighted by Gasteiger charge is -2.31. The highest BCUT2D eigenvalue weighted by molar-refractivity contribution is 5.93. The maximum Gasteiger partial charge on any atom is 0.257 e. The number of hydrogen-bond acceptors (Lipinski definition) is 4. The molecule has 1 aliphatic rings. The van der Waals surface area contributed by atoms with Gasteiger partial charge in [0.25, 0.3) is 5.91 Å². The van der Waals surface area contributed by atoms with Crippen LogP contribution in [0.2, 0.25) is 0 Å². The Kier molecular flexibility index (Phi) is 4.71. The van der Waals surface area contributed by atoms with Crippen LogP contribution in [0.25, 0.3) is 11.3 Å². The van der Waals surface area contributed by atoms with Crippen molar-refractivity contribution in [3.8, 4) is 11.3 Å². The van der Waals surface area contributed by atoms with Crippen LogP contribution in [-0.4, -0.2) is 43.6 Å². The van der Waals surface area contributed by atoms with Gasteiger partial charge in [-0.05, 0) is 25.3 Å². The first-order valence-corrected chi connectivity index (χ1v) is 9.27. The molecule has 27 heavy (non-hydrogen) atoms. The van der Waals surface area contributed by atoms with Crippen LogP contribution < -0.4 is 0 Å². The van der Waals surface area contributed by atoms with Crippen molar-refractivity contribution in [1.29, 1.82) is 0 Å². The molecule has 0 N–H and O–H groups in total. The van der Waals surface area contributed by atoms with E-state index < -0.39 is 0 Å². The number of hydrogen-bond donors (Lipinski definition) is 0. The zero-order valence-electron chi connectivity index (χ0n) is 15.7. The molecule has 1 aliphatic heterocycles. The van der Waals surface area contributed by atoms with Crippen LogP contribution in [0.15, 0.2) is 49.1 Å². The third kappa shape index (κ3) is 3.60. The van der Waals surface area contributed by atoms with E-state index in [2.05, 4.69) is 29.1 Å². The molecule has 1 saturated heterocycles. The van der Waals surface area contributed by atoms with E-state index in [0.29, 0.717) is 11.5 Å². The molecule has 4 rings (SSSR count). The van der Waals surface area contributed by atoms with Crippen LogP contribution >= 0.6 is 0 Å². The summed E-state index contributed by atoms with van der Waals surface area (Å²) in [5.74, 6) is 0.390. The molecule has 1 amide bonds. The Balaban J connectivity index is 1.46. The fraction of sp³-hybridized carbons (Fsp3) is 0.333. The van der Waals surface area contributed by atoms with E-state index >= 15 is 0 Å². The zero-order chi connectivity index (χ0) is 18.8. The SMILES string of the molecule is Cc1ccccc1-c1cncc(C2CCN(C(=O)c3cnn(C)c3)CC2)n1. The van der Waals surface area contributed by atoms with Crippen molar-refractivity contribution in [2.75, 3.05) is 13.1 Å². The second-order valence-corrected chi connectivity index (χ2v) is 7.11. The van der Waals surface area contributed by atoms with Crippen molar-refractivity contribution in [1.82, 2.24) is 24.6 Å². The van der Waals surface area contributed by atoms with Gasteiger partial charge in [-0.1, -0.05) is 24.3 Å². The van der Waals surface area contributed by atoms with Crippen LogP contribution in [0.3, 0.4) is 0 Å². The first-order valence-electron chi connectivity index (χ1n) is 9.27. The number of likely N-dealkylation sites (tertiary alicyclic amines) is 1. The summed E-state index contributed by atoms with van der Waals surface area (Å²) in [6.07, 6.45) is 8.89. The lowest BCUT2D eigenvalue weighted by atomic mass is 9.93. The van der Waals surface area contributed by atoms with Gasteiger partial charge < -0.3 is 4.90 Å². The summed E-state index contributed by atoms with van der Waals surface area (Å²) in [5, 5.41) is 4.09. The van der Waals surface area contributed by atoms with Gasteiger partial charge in [0.15, 0.2) is 0 Å². The number of aryl methyl sites for hydroxylation is 2. The second-order valence-electron chi connectivity index (χ2n) is 7.11. The van der Waals surface area contributed by atoms with Gasteiger partial charge in [-0.25, -0.2) is 4.98 Å². The maximum atomic E-state index is 12.6. The molecule has 1 aromatic carbocycles. The molecular weight excluding hydrogens is 338 g/mol. The van der Waals surface area contributed by atoms with Crippen molar-refractivity contribution in [3.63, 3.8) is 0 Å². The van der Waals surface area contributed by atoms with Gasteiger partial charge in [-0.3, -0.25) is 14.5 Å². The van der Waals surface area contributed by atoms with Crippen molar-refractivity contribution >= 4 is 5.91 Å². The predicted molar refractivity (Wildman–Crippen MR) is 103 cm³/mol. The van der Waals surface area contributed by atoms with E-state index in [0.717, 1.165) is 42.9 Å². The third-order valence-corrected chi connectivity index (χ3v) is 5.23. The average Bonchev–Trinajstić information content (AvgIpc) is 3.14. The summed E-state index contributed by atoms with van der Waals surface area (Å²) in [6.45, 7) is 3.55. The van der Waals surface area contributed by atoms with E-state index in [4.69, 9.17) is 4.98 Å². The molecule has 2 aromatic heterocycles. The fourth-order valence-corrected chi connectivity index (χ4v) is 3.66. The summed E-state index contributed by atoms with van der Waals surface area (Å²) in [6, 6.07) is 8.23. The van der Waals surface area contributed by atoms with Crippen LogP contribution in [0.5, 0.6) is 0 Å². The van der Waals surface area contributed by atoms with Gasteiger partial charge in [-0.15, -0.1) is 0 Å². The minimum absolute atomic E-state index is 0.0568. The molecule has 0 saturated carbocycles. The lowest BCUT2D eigenvalue weighted by molar-refractivity contribution is 0.0712. The molecule has 3 heterocycles. The summed E-state index contributed by atoms with van der Waals surface area (Å²) in [7, 11) is 1.82. The number of rotatable bonds is 3. The van der Waals surface area contributed by atoms with E-state index in [9.17, 15) is 4.79 Å². The third-order valence-electron chi connectivity index (χ3n) is 5.23. The molecule has 138 valence electrons. The summed E-state index contributed by atoms with van der Waals surface area (Å²) >= 11 is 0. The van der Waals surface area contributed by atoms with Gasteiger partial charge in [0.2, 0.25) is 0 Å². The van der Waals surface area contributed by atoms with Gasteiger partial charge in [0.05, 0.1) is 29.3 Å². The molecule has 0 radical (unpaired) electrons. The minimum Gasteiger partial charge on any atom is -0.339 e. The quantitative estimate of drug-likeness (QED) is 0.719. The normalized spacial score (nSPS) is 15.1. The molecule has 6 nitrogen and oxygen atoms in total. The van der Waals surface area contributed by atoms with Gasteiger partial charge in [-0.2, -0.15) is 5.10 Å². The van der Waals surface area contributed by atoms with Crippen LogP contribution in [0.1, 0.15) is 40.4 Å². The number of nitrogens with zero attached hydrogens (tertiary/aromatic N) is 5. The number of piperidine rings is 1. The fourth-order valence-electron chi connectivity index (χ4n) is 3.66. The first-order chi connectivity index (χ1) is 13.1. The summed E-state index contributed by atoms with van der Waals surface area (Å²) < 4.78 is 1.66. The summed E-state index contributed by atoms with van der Waals surface area (Å²) in [5.41, 5.74) is 4.90. The van der Waals surface area contributed by atoms with E-state index in [-0.39, 0.29) is 5.91 Å². The molecule has 0 spiro atoms. The monoisotopic (exact) mass is 361 g/mol. The van der Waals surface area contributed by atoms with Crippen LogP contribution in [-0.2, 0) is 7.05 Å². The molecule has 6 heteroatoms. The highest BCUT2D eigenvalue weighted by Gasteiger charge is 2.26. The summed E-state index contributed by atoms with van der Waals surface area (Å²) in [4.78, 5) is 23.8. The van der Waals surface area contributed by atoms with Crippen LogP contribution in [0, 0.1) is 6.92 Å². The van der Waals surface area contributed by atoms with Crippen molar-refractivity contribution < 1.29 is 4.79 Å². The highest BCUT2D eigenvalue weighted by atomic mass is 16.2. The number of aromatic nitrogens is 4. The number of carbonyl (C=O) groups excluding carboxylic acids is 1. The number of benzene rings is 1. The molecule has 3 aromatic rings. The Bertz CT molecular complexity index is 956. The van der Waals surface area contributed by atoms with Gasteiger partial charge >= 0.3 is 0 Å². The van der Waals surface area contributed by atoms with Crippen molar-refractivity contribution in [3.05, 3.63) is 65.9 Å². The Morgan fingerprint density at radius 3 is 2.59 bits per heavy atom. The largest absolute Gasteiger partial charge is 0.339 e. The first kappa shape index (κ1) is 17.4. The lowest BCUT2D eigenvalue weighted by Crippen LogP contribution is -2.38. The van der Waals surface area contributed by atoms with Gasteiger partial charge in [0, 0.05) is 44.0 Å². The smallest absolute Gasteiger partial charge is 0.257 e. The molecule has 0 atom stereocenters. The predicted octanol–water partition coefficient (Wildman–Crippen LogP) is 3.21. The minimum atomic E-state index is 0.0568. The zero-order valence-corrected chi connectivity index (χ0v) is 15.7. The Morgan fingerprint density at radius 1 is 1.11 bits per heavy atom. The highest BCUT2D eigenvalue weighted by Crippen LogP contribution is 2.29. The van der Waals surface area contributed by atoms with E-state index in [1.807, 2.05) is 36.5 Å².